The van der Waals surface area contributed by atoms with E-state index in [2.05, 4.69) is 36.9 Å². The molecule has 3 nitrogen and oxygen atoms in total. The summed E-state index contributed by atoms with van der Waals surface area (Å²) in [5, 5.41) is 0. The average Bonchev–Trinajstić information content (AvgIpc) is 2.50. The number of morpholine rings is 1. The first-order chi connectivity index (χ1) is 10.1. The number of rotatable bonds is 3. The van der Waals surface area contributed by atoms with Gasteiger partial charge in [-0.1, -0.05) is 36.6 Å². The fraction of sp³-hybridized carbons (Fsp3) is 0.667. The van der Waals surface area contributed by atoms with Gasteiger partial charge in [-0.2, -0.15) is 0 Å². The van der Waals surface area contributed by atoms with Crippen LogP contribution in [0.15, 0.2) is 18.2 Å². The lowest BCUT2D eigenvalue weighted by Gasteiger charge is -2.44. The highest BCUT2D eigenvalue weighted by atomic mass is 16.5. The molecule has 116 valence electrons. The normalized spacial score (nSPS) is 28.1. The monoisotopic (exact) mass is 288 g/mol. The lowest BCUT2D eigenvalue weighted by atomic mass is 9.89. The van der Waals surface area contributed by atoms with Crippen molar-refractivity contribution in [2.75, 3.05) is 19.7 Å². The molecule has 21 heavy (non-hydrogen) atoms. The molecule has 1 heterocycles. The van der Waals surface area contributed by atoms with Gasteiger partial charge in [0.15, 0.2) is 0 Å². The first-order valence-electron chi connectivity index (χ1n) is 8.33. The number of fused-ring (bicyclic) bond motifs is 1. The maximum atomic E-state index is 6.53. The third-order valence-electron chi connectivity index (χ3n) is 5.11. The van der Waals surface area contributed by atoms with Gasteiger partial charge in [-0.3, -0.25) is 4.90 Å². The lowest BCUT2D eigenvalue weighted by molar-refractivity contribution is -0.0894. The molecule has 2 aliphatic rings. The van der Waals surface area contributed by atoms with Gasteiger partial charge in [-0.15, -0.1) is 0 Å². The van der Waals surface area contributed by atoms with Crippen LogP contribution < -0.4 is 5.73 Å². The van der Waals surface area contributed by atoms with E-state index < -0.39 is 0 Å². The van der Waals surface area contributed by atoms with Crippen LogP contribution in [-0.4, -0.2) is 36.7 Å². The minimum Gasteiger partial charge on any atom is -0.375 e. The van der Waals surface area contributed by atoms with Gasteiger partial charge < -0.3 is 10.5 Å². The maximum absolute atomic E-state index is 6.53. The Morgan fingerprint density at radius 3 is 2.95 bits per heavy atom. The Hall–Kier alpha value is -0.900. The summed E-state index contributed by atoms with van der Waals surface area (Å²) in [4.78, 5) is 2.58. The molecule has 0 spiro atoms. The Labute approximate surface area is 128 Å². The SMILES string of the molecule is Cc1ccc(C)c(C(N)CN2CCOC3CCCCC32)c1. The summed E-state index contributed by atoms with van der Waals surface area (Å²) in [5.74, 6) is 0. The van der Waals surface area contributed by atoms with Crippen LogP contribution in [0.25, 0.3) is 0 Å². The van der Waals surface area contributed by atoms with Crippen molar-refractivity contribution in [3.8, 4) is 0 Å². The smallest absolute Gasteiger partial charge is 0.0730 e. The first kappa shape index (κ1) is 15.0. The molecule has 0 aromatic heterocycles. The highest BCUT2D eigenvalue weighted by Gasteiger charge is 2.34. The lowest BCUT2D eigenvalue weighted by Crippen LogP contribution is -2.54. The summed E-state index contributed by atoms with van der Waals surface area (Å²) in [6.45, 7) is 7.15. The topological polar surface area (TPSA) is 38.5 Å². The molecule has 1 saturated carbocycles. The molecule has 2 N–H and O–H groups in total. The number of benzene rings is 1. The first-order valence-corrected chi connectivity index (χ1v) is 8.33. The maximum Gasteiger partial charge on any atom is 0.0730 e. The zero-order valence-corrected chi connectivity index (χ0v) is 13.3. The van der Waals surface area contributed by atoms with Crippen LogP contribution in [0.4, 0.5) is 0 Å². The molecule has 1 saturated heterocycles. The predicted octanol–water partition coefficient (Wildman–Crippen LogP) is 2.95. The Bertz CT molecular complexity index is 486. The van der Waals surface area contributed by atoms with Gasteiger partial charge in [0.1, 0.15) is 0 Å². The van der Waals surface area contributed by atoms with Crippen LogP contribution >= 0.6 is 0 Å². The molecule has 0 amide bonds. The van der Waals surface area contributed by atoms with Crippen LogP contribution in [0.1, 0.15) is 48.4 Å². The van der Waals surface area contributed by atoms with Crippen LogP contribution in [0.2, 0.25) is 0 Å². The summed E-state index contributed by atoms with van der Waals surface area (Å²) < 4.78 is 5.96. The minimum atomic E-state index is 0.102. The van der Waals surface area contributed by atoms with Crippen molar-refractivity contribution >= 4 is 0 Å². The van der Waals surface area contributed by atoms with Gasteiger partial charge in [-0.05, 0) is 37.8 Å². The van der Waals surface area contributed by atoms with E-state index in [1.54, 1.807) is 0 Å². The number of aryl methyl sites for hydroxylation is 2. The van der Waals surface area contributed by atoms with Gasteiger partial charge in [0.2, 0.25) is 0 Å². The van der Waals surface area contributed by atoms with E-state index in [1.807, 2.05) is 0 Å². The molecule has 1 aliphatic heterocycles. The average molecular weight is 288 g/mol. The van der Waals surface area contributed by atoms with E-state index in [0.717, 1.165) is 19.7 Å². The van der Waals surface area contributed by atoms with E-state index in [1.165, 1.54) is 42.4 Å². The number of nitrogens with two attached hydrogens (primary N) is 1. The molecule has 3 atom stereocenters. The largest absolute Gasteiger partial charge is 0.375 e. The molecule has 2 fully saturated rings. The fourth-order valence-electron chi connectivity index (χ4n) is 3.91. The Morgan fingerprint density at radius 2 is 2.10 bits per heavy atom. The number of hydrogen-bond acceptors (Lipinski definition) is 3. The zero-order valence-electron chi connectivity index (χ0n) is 13.3. The molecule has 1 aromatic carbocycles. The van der Waals surface area contributed by atoms with Gasteiger partial charge in [0, 0.05) is 25.2 Å². The fourth-order valence-corrected chi connectivity index (χ4v) is 3.91. The van der Waals surface area contributed by atoms with E-state index in [0.29, 0.717) is 12.1 Å². The van der Waals surface area contributed by atoms with Crippen molar-refractivity contribution in [2.45, 2.75) is 57.7 Å². The van der Waals surface area contributed by atoms with Gasteiger partial charge in [0.25, 0.3) is 0 Å². The van der Waals surface area contributed by atoms with E-state index in [9.17, 15) is 0 Å². The second-order valence-corrected chi connectivity index (χ2v) is 6.72. The quantitative estimate of drug-likeness (QED) is 0.929. The van der Waals surface area contributed by atoms with Crippen LogP contribution in [0.5, 0.6) is 0 Å². The summed E-state index contributed by atoms with van der Waals surface area (Å²) in [6, 6.07) is 7.29. The second kappa shape index (κ2) is 6.47. The standard InChI is InChI=1S/C18H28N2O/c1-13-7-8-14(2)15(11-13)16(19)12-20-9-10-21-18-6-4-3-5-17(18)20/h7-8,11,16-18H,3-6,9-10,12,19H2,1-2H3. The molecular weight excluding hydrogens is 260 g/mol. The van der Waals surface area contributed by atoms with E-state index >= 15 is 0 Å². The Morgan fingerprint density at radius 1 is 1.29 bits per heavy atom. The Kier molecular flexibility index (Phi) is 4.63. The third-order valence-corrected chi connectivity index (χ3v) is 5.11. The number of hydrogen-bond donors (Lipinski definition) is 1. The summed E-state index contributed by atoms with van der Waals surface area (Å²) in [5.41, 5.74) is 10.4. The van der Waals surface area contributed by atoms with Gasteiger partial charge in [-0.25, -0.2) is 0 Å². The highest BCUT2D eigenvalue weighted by Crippen LogP contribution is 2.30. The predicted molar refractivity (Wildman–Crippen MR) is 86.4 cm³/mol. The molecule has 1 aromatic rings. The molecule has 3 heteroatoms. The number of ether oxygens (including phenoxy) is 1. The molecule has 0 radical (unpaired) electrons. The van der Waals surface area contributed by atoms with E-state index in [4.69, 9.17) is 10.5 Å². The van der Waals surface area contributed by atoms with Crippen LogP contribution in [0, 0.1) is 13.8 Å². The molecular formula is C18H28N2O. The van der Waals surface area contributed by atoms with Crippen molar-refractivity contribution in [1.82, 2.24) is 4.90 Å². The third kappa shape index (κ3) is 3.31. The van der Waals surface area contributed by atoms with Crippen molar-refractivity contribution in [3.05, 3.63) is 34.9 Å². The van der Waals surface area contributed by atoms with Crippen molar-refractivity contribution in [3.63, 3.8) is 0 Å². The van der Waals surface area contributed by atoms with E-state index in [-0.39, 0.29) is 6.04 Å². The summed E-state index contributed by atoms with van der Waals surface area (Å²) in [7, 11) is 0. The summed E-state index contributed by atoms with van der Waals surface area (Å²) >= 11 is 0. The van der Waals surface area contributed by atoms with Gasteiger partial charge >= 0.3 is 0 Å². The van der Waals surface area contributed by atoms with Crippen molar-refractivity contribution < 1.29 is 4.74 Å². The van der Waals surface area contributed by atoms with Gasteiger partial charge in [0.05, 0.1) is 12.7 Å². The molecule has 3 rings (SSSR count). The van der Waals surface area contributed by atoms with Crippen molar-refractivity contribution in [1.29, 1.82) is 0 Å². The second-order valence-electron chi connectivity index (χ2n) is 6.72. The Balaban J connectivity index is 1.71. The highest BCUT2D eigenvalue weighted by molar-refractivity contribution is 5.33. The number of nitrogens with zero attached hydrogens (tertiary/aromatic N) is 1. The molecule has 0 bridgehead atoms. The van der Waals surface area contributed by atoms with Crippen LogP contribution in [-0.2, 0) is 4.74 Å². The zero-order chi connectivity index (χ0) is 14.8. The van der Waals surface area contributed by atoms with Crippen LogP contribution in [0.3, 0.4) is 0 Å². The minimum absolute atomic E-state index is 0.102. The summed E-state index contributed by atoms with van der Waals surface area (Å²) in [6.07, 6.45) is 5.58. The molecule has 1 aliphatic carbocycles. The molecule has 3 unspecified atom stereocenters. The van der Waals surface area contributed by atoms with Crippen molar-refractivity contribution in [2.24, 2.45) is 5.73 Å².